The number of hydrogen-bond acceptors (Lipinski definition) is 3. The summed E-state index contributed by atoms with van der Waals surface area (Å²) in [6, 6.07) is 4.13. The minimum absolute atomic E-state index is 0.113. The third-order valence-electron chi connectivity index (χ3n) is 3.54. The minimum atomic E-state index is -0.774. The standard InChI is InChI=1S/C13H18N4O/c1-17-9-5-11(16-17)4-8-15-12(18)13(10-14)6-2-3-7-13/h5,9H,2-4,6-8H2,1H3,(H,15,18). The molecule has 2 rings (SSSR count). The van der Waals surface area contributed by atoms with Crippen molar-refractivity contribution < 1.29 is 4.79 Å². The third kappa shape index (κ3) is 2.53. The van der Waals surface area contributed by atoms with Crippen molar-refractivity contribution in [2.45, 2.75) is 32.1 Å². The van der Waals surface area contributed by atoms with Gasteiger partial charge in [0, 0.05) is 26.2 Å². The summed E-state index contributed by atoms with van der Waals surface area (Å²) in [4.78, 5) is 12.0. The minimum Gasteiger partial charge on any atom is -0.354 e. The van der Waals surface area contributed by atoms with Gasteiger partial charge >= 0.3 is 0 Å². The number of aromatic nitrogens is 2. The van der Waals surface area contributed by atoms with Crippen LogP contribution in [0.15, 0.2) is 12.3 Å². The molecule has 1 aromatic heterocycles. The van der Waals surface area contributed by atoms with Gasteiger partial charge in [-0.3, -0.25) is 9.48 Å². The van der Waals surface area contributed by atoms with Crippen LogP contribution in [0.25, 0.3) is 0 Å². The number of carbonyl (C=O) groups excluding carboxylic acids is 1. The Morgan fingerprint density at radius 2 is 2.33 bits per heavy atom. The Kier molecular flexibility index (Phi) is 3.66. The zero-order valence-corrected chi connectivity index (χ0v) is 10.6. The summed E-state index contributed by atoms with van der Waals surface area (Å²) in [6.07, 6.45) is 5.92. The number of nitrogens with zero attached hydrogens (tertiary/aromatic N) is 3. The van der Waals surface area contributed by atoms with Crippen LogP contribution in [0.5, 0.6) is 0 Å². The lowest BCUT2D eigenvalue weighted by Gasteiger charge is -2.18. The summed E-state index contributed by atoms with van der Waals surface area (Å²) in [7, 11) is 1.87. The number of carbonyl (C=O) groups is 1. The molecule has 1 aliphatic carbocycles. The molecule has 0 saturated heterocycles. The Morgan fingerprint density at radius 3 is 2.89 bits per heavy atom. The lowest BCUT2D eigenvalue weighted by atomic mass is 9.87. The van der Waals surface area contributed by atoms with Crippen molar-refractivity contribution in [1.29, 1.82) is 5.26 Å². The SMILES string of the molecule is Cn1ccc(CCNC(=O)C2(C#N)CCCC2)n1. The van der Waals surface area contributed by atoms with Crippen molar-refractivity contribution >= 4 is 5.91 Å². The molecule has 0 aliphatic heterocycles. The van der Waals surface area contributed by atoms with Gasteiger partial charge in [-0.25, -0.2) is 0 Å². The monoisotopic (exact) mass is 246 g/mol. The molecule has 0 spiro atoms. The predicted octanol–water partition coefficient (Wildman–Crippen LogP) is 1.16. The van der Waals surface area contributed by atoms with E-state index >= 15 is 0 Å². The Bertz CT molecular complexity index is 466. The zero-order chi connectivity index (χ0) is 13.0. The van der Waals surface area contributed by atoms with E-state index in [0.29, 0.717) is 25.8 Å². The van der Waals surface area contributed by atoms with E-state index in [-0.39, 0.29) is 5.91 Å². The molecule has 1 heterocycles. The molecule has 1 N–H and O–H groups in total. The van der Waals surface area contributed by atoms with Crippen LogP contribution in [0.3, 0.4) is 0 Å². The highest BCUT2D eigenvalue weighted by Crippen LogP contribution is 2.37. The van der Waals surface area contributed by atoms with Crippen molar-refractivity contribution in [2.24, 2.45) is 12.5 Å². The van der Waals surface area contributed by atoms with Crippen LogP contribution in [0.4, 0.5) is 0 Å². The van der Waals surface area contributed by atoms with Crippen molar-refractivity contribution in [3.8, 4) is 6.07 Å². The maximum atomic E-state index is 12.0. The number of nitriles is 1. The van der Waals surface area contributed by atoms with E-state index in [1.54, 1.807) is 4.68 Å². The molecule has 1 aromatic rings. The van der Waals surface area contributed by atoms with Crippen LogP contribution in [-0.2, 0) is 18.3 Å². The molecule has 0 bridgehead atoms. The second-order valence-electron chi connectivity index (χ2n) is 4.89. The predicted molar refractivity (Wildman–Crippen MR) is 66.4 cm³/mol. The number of rotatable bonds is 4. The molecule has 5 heteroatoms. The fourth-order valence-corrected chi connectivity index (χ4v) is 2.44. The van der Waals surface area contributed by atoms with Gasteiger partial charge in [0.25, 0.3) is 0 Å². The molecule has 1 fully saturated rings. The van der Waals surface area contributed by atoms with Crippen LogP contribution in [-0.4, -0.2) is 22.2 Å². The van der Waals surface area contributed by atoms with Gasteiger partial charge in [0.1, 0.15) is 5.41 Å². The van der Waals surface area contributed by atoms with Crippen molar-refractivity contribution in [3.05, 3.63) is 18.0 Å². The highest BCUT2D eigenvalue weighted by atomic mass is 16.2. The average Bonchev–Trinajstić information content (AvgIpc) is 2.99. The summed E-state index contributed by atoms with van der Waals surface area (Å²) in [5.74, 6) is -0.113. The second kappa shape index (κ2) is 5.21. The smallest absolute Gasteiger partial charge is 0.240 e. The first-order valence-corrected chi connectivity index (χ1v) is 6.34. The first-order chi connectivity index (χ1) is 8.66. The molecular formula is C13H18N4O. The Morgan fingerprint density at radius 1 is 1.61 bits per heavy atom. The second-order valence-corrected chi connectivity index (χ2v) is 4.89. The van der Waals surface area contributed by atoms with Gasteiger partial charge in [0.15, 0.2) is 0 Å². The maximum Gasteiger partial charge on any atom is 0.240 e. The van der Waals surface area contributed by atoms with Crippen molar-refractivity contribution in [3.63, 3.8) is 0 Å². The Balaban J connectivity index is 1.83. The molecule has 96 valence electrons. The zero-order valence-electron chi connectivity index (χ0n) is 10.6. The first-order valence-electron chi connectivity index (χ1n) is 6.34. The summed E-state index contributed by atoms with van der Waals surface area (Å²) in [5, 5.41) is 16.3. The molecule has 5 nitrogen and oxygen atoms in total. The molecule has 1 saturated carbocycles. The summed E-state index contributed by atoms with van der Waals surface area (Å²) in [6.45, 7) is 0.541. The quantitative estimate of drug-likeness (QED) is 0.866. The van der Waals surface area contributed by atoms with Crippen LogP contribution >= 0.6 is 0 Å². The molecule has 18 heavy (non-hydrogen) atoms. The maximum absolute atomic E-state index is 12.0. The highest BCUT2D eigenvalue weighted by molar-refractivity contribution is 5.85. The fourth-order valence-electron chi connectivity index (χ4n) is 2.44. The molecule has 0 aromatic carbocycles. The molecular weight excluding hydrogens is 228 g/mol. The number of aryl methyl sites for hydroxylation is 1. The normalized spacial score (nSPS) is 17.3. The fraction of sp³-hybridized carbons (Fsp3) is 0.615. The highest BCUT2D eigenvalue weighted by Gasteiger charge is 2.41. The number of amides is 1. The third-order valence-corrected chi connectivity index (χ3v) is 3.54. The summed E-state index contributed by atoms with van der Waals surface area (Å²) < 4.78 is 1.74. The van der Waals surface area contributed by atoms with Gasteiger partial charge in [-0.05, 0) is 18.9 Å². The lowest BCUT2D eigenvalue weighted by Crippen LogP contribution is -2.39. The van der Waals surface area contributed by atoms with Gasteiger partial charge in [0.2, 0.25) is 5.91 Å². The van der Waals surface area contributed by atoms with Gasteiger partial charge in [-0.1, -0.05) is 12.8 Å². The molecule has 1 aliphatic rings. The van der Waals surface area contributed by atoms with Crippen molar-refractivity contribution in [1.82, 2.24) is 15.1 Å². The summed E-state index contributed by atoms with van der Waals surface area (Å²) in [5.41, 5.74) is 0.180. The van der Waals surface area contributed by atoms with Gasteiger partial charge < -0.3 is 5.32 Å². The molecule has 1 amide bonds. The lowest BCUT2D eigenvalue weighted by molar-refractivity contribution is -0.127. The van der Waals surface area contributed by atoms with E-state index in [1.807, 2.05) is 19.3 Å². The summed E-state index contributed by atoms with van der Waals surface area (Å²) >= 11 is 0. The van der Waals surface area contributed by atoms with Crippen LogP contribution in [0.2, 0.25) is 0 Å². The first kappa shape index (κ1) is 12.6. The van der Waals surface area contributed by atoms with Gasteiger partial charge in [-0.15, -0.1) is 0 Å². The van der Waals surface area contributed by atoms with Gasteiger partial charge in [-0.2, -0.15) is 10.4 Å². The molecule has 0 radical (unpaired) electrons. The number of hydrogen-bond donors (Lipinski definition) is 1. The Labute approximate surface area is 107 Å². The Hall–Kier alpha value is -1.83. The van der Waals surface area contributed by atoms with E-state index in [1.165, 1.54) is 0 Å². The van der Waals surface area contributed by atoms with E-state index in [0.717, 1.165) is 18.5 Å². The van der Waals surface area contributed by atoms with Crippen LogP contribution in [0, 0.1) is 16.7 Å². The van der Waals surface area contributed by atoms with Crippen molar-refractivity contribution in [2.75, 3.05) is 6.54 Å². The van der Waals surface area contributed by atoms with Gasteiger partial charge in [0.05, 0.1) is 11.8 Å². The van der Waals surface area contributed by atoms with E-state index in [9.17, 15) is 10.1 Å². The van der Waals surface area contributed by atoms with Crippen LogP contribution in [0.1, 0.15) is 31.4 Å². The molecule has 0 atom stereocenters. The largest absolute Gasteiger partial charge is 0.354 e. The van der Waals surface area contributed by atoms with E-state index < -0.39 is 5.41 Å². The van der Waals surface area contributed by atoms with E-state index in [2.05, 4.69) is 16.5 Å². The average molecular weight is 246 g/mol. The number of nitrogens with one attached hydrogen (secondary N) is 1. The molecule has 0 unspecified atom stereocenters. The van der Waals surface area contributed by atoms with Crippen LogP contribution < -0.4 is 5.32 Å². The topological polar surface area (TPSA) is 70.7 Å². The van der Waals surface area contributed by atoms with E-state index in [4.69, 9.17) is 0 Å².